The Morgan fingerprint density at radius 1 is 1.53 bits per heavy atom. The third kappa shape index (κ3) is 2.25. The standard InChI is InChI=1S/C12H13NO3S/c1-16-11-7(6-9(13)12(14)15)2-3-10-8(11)4-5-17-10/h2-5,9H,6,13H2,1H3,(H,14,15). The summed E-state index contributed by atoms with van der Waals surface area (Å²) in [6.07, 6.45) is 0.268. The number of carboxylic acids is 1. The zero-order chi connectivity index (χ0) is 12.4. The summed E-state index contributed by atoms with van der Waals surface area (Å²) < 4.78 is 6.48. The van der Waals surface area contributed by atoms with Gasteiger partial charge in [-0.15, -0.1) is 11.3 Å². The summed E-state index contributed by atoms with van der Waals surface area (Å²) in [5.74, 6) is -0.280. The molecule has 2 aromatic rings. The van der Waals surface area contributed by atoms with Crippen molar-refractivity contribution >= 4 is 27.4 Å². The number of rotatable bonds is 4. The summed E-state index contributed by atoms with van der Waals surface area (Å²) in [5.41, 5.74) is 6.37. The second-order valence-corrected chi connectivity index (χ2v) is 4.69. The number of benzene rings is 1. The number of aliphatic carboxylic acids is 1. The molecule has 0 aliphatic carbocycles. The maximum absolute atomic E-state index is 10.8. The van der Waals surface area contributed by atoms with Crippen molar-refractivity contribution in [3.8, 4) is 5.75 Å². The van der Waals surface area contributed by atoms with Crippen molar-refractivity contribution in [3.63, 3.8) is 0 Å². The highest BCUT2D eigenvalue weighted by molar-refractivity contribution is 7.17. The van der Waals surface area contributed by atoms with Crippen LogP contribution in [0.2, 0.25) is 0 Å². The van der Waals surface area contributed by atoms with E-state index in [1.807, 2.05) is 23.6 Å². The number of ether oxygens (including phenoxy) is 1. The average Bonchev–Trinajstić information content (AvgIpc) is 2.76. The van der Waals surface area contributed by atoms with Gasteiger partial charge < -0.3 is 15.6 Å². The summed E-state index contributed by atoms with van der Waals surface area (Å²) in [4.78, 5) is 10.8. The quantitative estimate of drug-likeness (QED) is 0.870. The van der Waals surface area contributed by atoms with Gasteiger partial charge in [0.1, 0.15) is 11.8 Å². The number of thiophene rings is 1. The van der Waals surface area contributed by atoms with E-state index in [1.54, 1.807) is 18.4 Å². The molecule has 0 fully saturated rings. The zero-order valence-corrected chi connectivity index (χ0v) is 10.2. The van der Waals surface area contributed by atoms with E-state index < -0.39 is 12.0 Å². The number of fused-ring (bicyclic) bond motifs is 1. The summed E-state index contributed by atoms with van der Waals surface area (Å²) in [7, 11) is 1.59. The van der Waals surface area contributed by atoms with Crippen molar-refractivity contribution in [3.05, 3.63) is 29.1 Å². The van der Waals surface area contributed by atoms with Crippen LogP contribution in [0.5, 0.6) is 5.75 Å². The highest BCUT2D eigenvalue weighted by atomic mass is 32.1. The lowest BCUT2D eigenvalue weighted by Gasteiger charge is -2.12. The van der Waals surface area contributed by atoms with Crippen LogP contribution in [-0.2, 0) is 11.2 Å². The van der Waals surface area contributed by atoms with E-state index in [2.05, 4.69) is 0 Å². The minimum atomic E-state index is -1.00. The van der Waals surface area contributed by atoms with Gasteiger partial charge in [-0.3, -0.25) is 4.79 Å². The maximum atomic E-state index is 10.8. The zero-order valence-electron chi connectivity index (χ0n) is 9.34. The predicted octanol–water partition coefficient (Wildman–Crippen LogP) is 1.86. The van der Waals surface area contributed by atoms with Crippen LogP contribution >= 0.6 is 11.3 Å². The van der Waals surface area contributed by atoms with E-state index in [-0.39, 0.29) is 6.42 Å². The van der Waals surface area contributed by atoms with Gasteiger partial charge in [-0.1, -0.05) is 6.07 Å². The Bertz CT molecular complexity index is 550. The highest BCUT2D eigenvalue weighted by Gasteiger charge is 2.16. The molecule has 1 unspecified atom stereocenters. The molecule has 1 aromatic carbocycles. The second-order valence-electron chi connectivity index (χ2n) is 3.74. The highest BCUT2D eigenvalue weighted by Crippen LogP contribution is 2.33. The molecule has 0 aliphatic rings. The van der Waals surface area contributed by atoms with Crippen LogP contribution in [0.3, 0.4) is 0 Å². The van der Waals surface area contributed by atoms with Gasteiger partial charge in [-0.25, -0.2) is 0 Å². The Morgan fingerprint density at radius 3 is 2.94 bits per heavy atom. The number of methoxy groups -OCH3 is 1. The molecular weight excluding hydrogens is 238 g/mol. The number of hydrogen-bond acceptors (Lipinski definition) is 4. The summed E-state index contributed by atoms with van der Waals surface area (Å²) in [6.45, 7) is 0. The number of hydrogen-bond donors (Lipinski definition) is 2. The fourth-order valence-corrected chi connectivity index (χ4v) is 2.57. The van der Waals surface area contributed by atoms with Crippen LogP contribution in [0.4, 0.5) is 0 Å². The first-order chi connectivity index (χ1) is 8.13. The number of nitrogens with two attached hydrogens (primary N) is 1. The molecule has 0 spiro atoms. The van der Waals surface area contributed by atoms with Crippen LogP contribution in [0.15, 0.2) is 23.6 Å². The van der Waals surface area contributed by atoms with Crippen molar-refractivity contribution in [2.75, 3.05) is 7.11 Å². The van der Waals surface area contributed by atoms with Crippen molar-refractivity contribution < 1.29 is 14.6 Å². The Kier molecular flexibility index (Phi) is 3.31. The van der Waals surface area contributed by atoms with Crippen LogP contribution in [0, 0.1) is 0 Å². The van der Waals surface area contributed by atoms with Gasteiger partial charge in [0.15, 0.2) is 0 Å². The molecule has 0 radical (unpaired) electrons. The normalized spacial score (nSPS) is 12.6. The molecule has 0 amide bonds. The molecule has 5 heteroatoms. The van der Waals surface area contributed by atoms with Gasteiger partial charge in [0.2, 0.25) is 0 Å². The third-order valence-electron chi connectivity index (χ3n) is 2.63. The predicted molar refractivity (Wildman–Crippen MR) is 67.7 cm³/mol. The summed E-state index contributed by atoms with van der Waals surface area (Å²) >= 11 is 1.62. The van der Waals surface area contributed by atoms with Crippen molar-refractivity contribution in [2.24, 2.45) is 5.73 Å². The van der Waals surface area contributed by atoms with Gasteiger partial charge in [-0.05, 0) is 23.1 Å². The molecule has 0 saturated heterocycles. The Morgan fingerprint density at radius 2 is 2.29 bits per heavy atom. The summed E-state index contributed by atoms with van der Waals surface area (Å²) in [5, 5.41) is 11.8. The Balaban J connectivity index is 2.42. The molecular formula is C12H13NO3S. The van der Waals surface area contributed by atoms with E-state index >= 15 is 0 Å². The maximum Gasteiger partial charge on any atom is 0.320 e. The monoisotopic (exact) mass is 251 g/mol. The van der Waals surface area contributed by atoms with E-state index in [0.717, 1.165) is 21.4 Å². The van der Waals surface area contributed by atoms with E-state index in [1.165, 1.54) is 0 Å². The van der Waals surface area contributed by atoms with Crippen LogP contribution < -0.4 is 10.5 Å². The lowest BCUT2D eigenvalue weighted by atomic mass is 10.0. The number of carboxylic acid groups (broad SMARTS) is 1. The number of carbonyl (C=O) groups is 1. The lowest BCUT2D eigenvalue weighted by molar-refractivity contribution is -0.138. The molecule has 17 heavy (non-hydrogen) atoms. The third-order valence-corrected chi connectivity index (χ3v) is 3.51. The van der Waals surface area contributed by atoms with Crippen LogP contribution in [-0.4, -0.2) is 24.2 Å². The Labute approximate surface area is 103 Å². The lowest BCUT2D eigenvalue weighted by Crippen LogP contribution is -2.32. The van der Waals surface area contributed by atoms with Gasteiger partial charge in [-0.2, -0.15) is 0 Å². The smallest absolute Gasteiger partial charge is 0.320 e. The van der Waals surface area contributed by atoms with Crippen molar-refractivity contribution in [1.82, 2.24) is 0 Å². The van der Waals surface area contributed by atoms with Gasteiger partial charge in [0, 0.05) is 16.5 Å². The van der Waals surface area contributed by atoms with E-state index in [0.29, 0.717) is 0 Å². The molecule has 3 N–H and O–H groups in total. The van der Waals surface area contributed by atoms with E-state index in [9.17, 15) is 4.79 Å². The van der Waals surface area contributed by atoms with Crippen molar-refractivity contribution in [2.45, 2.75) is 12.5 Å². The SMILES string of the molecule is COc1c(CC(N)C(=O)O)ccc2sccc12. The molecule has 0 saturated carbocycles. The fourth-order valence-electron chi connectivity index (χ4n) is 1.79. The van der Waals surface area contributed by atoms with Crippen LogP contribution in [0.25, 0.3) is 10.1 Å². The average molecular weight is 251 g/mol. The minimum absolute atomic E-state index is 0.268. The molecule has 0 aliphatic heterocycles. The van der Waals surface area contributed by atoms with Crippen molar-refractivity contribution in [1.29, 1.82) is 0 Å². The van der Waals surface area contributed by atoms with Gasteiger partial charge >= 0.3 is 5.97 Å². The largest absolute Gasteiger partial charge is 0.496 e. The topological polar surface area (TPSA) is 72.5 Å². The van der Waals surface area contributed by atoms with Crippen LogP contribution in [0.1, 0.15) is 5.56 Å². The molecule has 0 bridgehead atoms. The van der Waals surface area contributed by atoms with Gasteiger partial charge in [0.05, 0.1) is 7.11 Å². The fraction of sp³-hybridized carbons (Fsp3) is 0.250. The second kappa shape index (κ2) is 4.73. The molecule has 2 rings (SSSR count). The first-order valence-electron chi connectivity index (χ1n) is 5.15. The molecule has 1 aromatic heterocycles. The molecule has 90 valence electrons. The first-order valence-corrected chi connectivity index (χ1v) is 6.03. The van der Waals surface area contributed by atoms with E-state index in [4.69, 9.17) is 15.6 Å². The summed E-state index contributed by atoms with van der Waals surface area (Å²) in [6, 6.07) is 4.90. The molecule has 1 atom stereocenters. The molecule has 4 nitrogen and oxygen atoms in total. The minimum Gasteiger partial charge on any atom is -0.496 e. The Hall–Kier alpha value is -1.59. The molecule has 1 heterocycles. The first kappa shape index (κ1) is 11.9. The van der Waals surface area contributed by atoms with Gasteiger partial charge in [0.25, 0.3) is 0 Å².